The molecule has 0 heterocycles. The fourth-order valence-corrected chi connectivity index (χ4v) is 1.97. The number of nitro groups is 1. The quantitative estimate of drug-likeness (QED) is 0.680. The van der Waals surface area contributed by atoms with Gasteiger partial charge in [-0.25, -0.2) is 0 Å². The molecule has 0 saturated carbocycles. The van der Waals surface area contributed by atoms with E-state index in [0.717, 1.165) is 11.1 Å². The maximum absolute atomic E-state index is 11.1. The van der Waals surface area contributed by atoms with Crippen molar-refractivity contribution in [2.24, 2.45) is 0 Å². The first-order valence-corrected chi connectivity index (χ1v) is 6.09. The Bertz CT molecular complexity index is 690. The van der Waals surface area contributed by atoms with E-state index in [9.17, 15) is 10.1 Å². The van der Waals surface area contributed by atoms with E-state index in [0.29, 0.717) is 12.2 Å². The Morgan fingerprint density at radius 1 is 1.25 bits per heavy atom. The summed E-state index contributed by atoms with van der Waals surface area (Å²) in [4.78, 5) is 10.6. The minimum Gasteiger partial charge on any atom is -0.375 e. The average molecular weight is 267 g/mol. The van der Waals surface area contributed by atoms with Crippen LogP contribution in [0.2, 0.25) is 0 Å². The van der Waals surface area contributed by atoms with Crippen molar-refractivity contribution in [2.45, 2.75) is 13.5 Å². The summed E-state index contributed by atoms with van der Waals surface area (Å²) in [7, 11) is 0. The van der Waals surface area contributed by atoms with E-state index >= 15 is 0 Å². The number of aryl methyl sites for hydroxylation is 1. The fourth-order valence-electron chi connectivity index (χ4n) is 1.97. The van der Waals surface area contributed by atoms with Gasteiger partial charge in [-0.1, -0.05) is 30.3 Å². The topological polar surface area (TPSA) is 79.0 Å². The SMILES string of the molecule is Cc1ccccc1CNc1cccc(C#N)c1[N+](=O)[O-]. The maximum atomic E-state index is 11.1. The first-order valence-electron chi connectivity index (χ1n) is 6.09. The van der Waals surface area contributed by atoms with Crippen LogP contribution in [0.5, 0.6) is 0 Å². The predicted molar refractivity (Wildman–Crippen MR) is 76.3 cm³/mol. The van der Waals surface area contributed by atoms with Gasteiger partial charge in [-0.3, -0.25) is 10.1 Å². The zero-order valence-corrected chi connectivity index (χ0v) is 11.0. The van der Waals surface area contributed by atoms with Crippen molar-refractivity contribution in [3.8, 4) is 6.07 Å². The first-order chi connectivity index (χ1) is 9.63. The van der Waals surface area contributed by atoms with Gasteiger partial charge in [0.05, 0.1) is 4.92 Å². The summed E-state index contributed by atoms with van der Waals surface area (Å²) in [6.45, 7) is 2.46. The van der Waals surface area contributed by atoms with E-state index in [1.165, 1.54) is 6.07 Å². The Labute approximate surface area is 116 Å². The number of rotatable bonds is 4. The van der Waals surface area contributed by atoms with Gasteiger partial charge in [0.1, 0.15) is 17.3 Å². The normalized spacial score (nSPS) is 9.80. The van der Waals surface area contributed by atoms with Gasteiger partial charge in [-0.15, -0.1) is 0 Å². The second-order valence-corrected chi connectivity index (χ2v) is 4.35. The molecule has 0 saturated heterocycles. The summed E-state index contributed by atoms with van der Waals surface area (Å²) < 4.78 is 0. The zero-order valence-electron chi connectivity index (χ0n) is 11.0. The molecule has 1 N–H and O–H groups in total. The molecular formula is C15H13N3O2. The van der Waals surface area contributed by atoms with Gasteiger partial charge in [-0.2, -0.15) is 5.26 Å². The van der Waals surface area contributed by atoms with Crippen molar-refractivity contribution in [1.29, 1.82) is 5.26 Å². The molecule has 0 radical (unpaired) electrons. The molecule has 0 fully saturated rings. The summed E-state index contributed by atoms with van der Waals surface area (Å²) in [5, 5.41) is 23.1. The van der Waals surface area contributed by atoms with E-state index in [-0.39, 0.29) is 11.3 Å². The molecule has 0 unspecified atom stereocenters. The number of nitriles is 1. The molecule has 100 valence electrons. The Morgan fingerprint density at radius 3 is 2.65 bits per heavy atom. The zero-order chi connectivity index (χ0) is 14.5. The number of nitro benzene ring substituents is 1. The number of hydrogen-bond acceptors (Lipinski definition) is 4. The molecule has 0 bridgehead atoms. The molecular weight excluding hydrogens is 254 g/mol. The van der Waals surface area contributed by atoms with Crippen LogP contribution >= 0.6 is 0 Å². The van der Waals surface area contributed by atoms with Crippen molar-refractivity contribution in [2.75, 3.05) is 5.32 Å². The van der Waals surface area contributed by atoms with Gasteiger partial charge in [0.25, 0.3) is 0 Å². The van der Waals surface area contributed by atoms with E-state index in [1.54, 1.807) is 12.1 Å². The van der Waals surface area contributed by atoms with E-state index in [4.69, 9.17) is 5.26 Å². The van der Waals surface area contributed by atoms with Crippen LogP contribution in [-0.4, -0.2) is 4.92 Å². The number of benzene rings is 2. The summed E-state index contributed by atoms with van der Waals surface area (Å²) in [6, 6.07) is 14.3. The van der Waals surface area contributed by atoms with Crippen LogP contribution in [0.25, 0.3) is 0 Å². The van der Waals surface area contributed by atoms with Crippen LogP contribution in [0.3, 0.4) is 0 Å². The van der Waals surface area contributed by atoms with Crippen LogP contribution in [-0.2, 0) is 6.54 Å². The van der Waals surface area contributed by atoms with E-state index in [2.05, 4.69) is 5.32 Å². The van der Waals surface area contributed by atoms with Crippen LogP contribution in [0.4, 0.5) is 11.4 Å². The number of anilines is 1. The standard InChI is InChI=1S/C15H13N3O2/c1-11-5-2-3-6-13(11)10-17-14-8-4-7-12(9-16)15(14)18(19)20/h2-8,17H,10H2,1H3. The number of para-hydroxylation sites is 1. The lowest BCUT2D eigenvalue weighted by molar-refractivity contribution is -0.384. The molecule has 20 heavy (non-hydrogen) atoms. The molecule has 5 heteroatoms. The van der Waals surface area contributed by atoms with E-state index < -0.39 is 4.92 Å². The number of nitrogens with zero attached hydrogens (tertiary/aromatic N) is 2. The minimum atomic E-state index is -0.529. The van der Waals surface area contributed by atoms with Gasteiger partial charge in [0.15, 0.2) is 0 Å². The summed E-state index contributed by atoms with van der Waals surface area (Å²) in [5.74, 6) is 0. The van der Waals surface area contributed by atoms with Crippen LogP contribution < -0.4 is 5.32 Å². The Balaban J connectivity index is 2.29. The third-order valence-electron chi connectivity index (χ3n) is 3.07. The highest BCUT2D eigenvalue weighted by Crippen LogP contribution is 2.28. The lowest BCUT2D eigenvalue weighted by Crippen LogP contribution is -2.05. The van der Waals surface area contributed by atoms with Crippen molar-refractivity contribution in [3.05, 3.63) is 69.3 Å². The Hall–Kier alpha value is -2.87. The van der Waals surface area contributed by atoms with Crippen molar-refractivity contribution < 1.29 is 4.92 Å². The van der Waals surface area contributed by atoms with Gasteiger partial charge in [0, 0.05) is 6.54 Å². The van der Waals surface area contributed by atoms with Gasteiger partial charge in [0.2, 0.25) is 0 Å². The molecule has 0 aliphatic carbocycles. The van der Waals surface area contributed by atoms with E-state index in [1.807, 2.05) is 37.3 Å². The Kier molecular flexibility index (Phi) is 3.96. The molecule has 2 rings (SSSR count). The third-order valence-corrected chi connectivity index (χ3v) is 3.07. The lowest BCUT2D eigenvalue weighted by atomic mass is 10.1. The average Bonchev–Trinajstić information content (AvgIpc) is 2.45. The summed E-state index contributed by atoms with van der Waals surface area (Å²) in [5.41, 5.74) is 2.41. The molecule has 2 aromatic carbocycles. The second kappa shape index (κ2) is 5.85. The van der Waals surface area contributed by atoms with Gasteiger partial charge < -0.3 is 5.32 Å². The summed E-state index contributed by atoms with van der Waals surface area (Å²) in [6.07, 6.45) is 0. The monoisotopic (exact) mass is 267 g/mol. The molecule has 0 atom stereocenters. The van der Waals surface area contributed by atoms with Crippen LogP contribution in [0.1, 0.15) is 16.7 Å². The minimum absolute atomic E-state index is 0.0600. The predicted octanol–water partition coefficient (Wildman–Crippen LogP) is 3.39. The van der Waals surface area contributed by atoms with Crippen LogP contribution in [0, 0.1) is 28.4 Å². The number of nitrogens with one attached hydrogen (secondary N) is 1. The molecule has 2 aromatic rings. The van der Waals surface area contributed by atoms with Crippen molar-refractivity contribution in [3.63, 3.8) is 0 Å². The van der Waals surface area contributed by atoms with Crippen LogP contribution in [0.15, 0.2) is 42.5 Å². The molecule has 0 spiro atoms. The summed E-state index contributed by atoms with van der Waals surface area (Å²) >= 11 is 0. The van der Waals surface area contributed by atoms with Gasteiger partial charge in [-0.05, 0) is 30.2 Å². The Morgan fingerprint density at radius 2 is 2.00 bits per heavy atom. The largest absolute Gasteiger partial charge is 0.375 e. The highest BCUT2D eigenvalue weighted by Gasteiger charge is 2.19. The number of hydrogen-bond donors (Lipinski definition) is 1. The second-order valence-electron chi connectivity index (χ2n) is 4.35. The third kappa shape index (κ3) is 2.75. The first kappa shape index (κ1) is 13.6. The highest BCUT2D eigenvalue weighted by molar-refractivity contribution is 5.68. The van der Waals surface area contributed by atoms with Crippen molar-refractivity contribution in [1.82, 2.24) is 0 Å². The smallest absolute Gasteiger partial charge is 0.309 e. The molecule has 5 nitrogen and oxygen atoms in total. The lowest BCUT2D eigenvalue weighted by Gasteiger charge is -2.09. The molecule has 0 aliphatic rings. The molecule has 0 aromatic heterocycles. The van der Waals surface area contributed by atoms with Gasteiger partial charge >= 0.3 is 5.69 Å². The molecule has 0 aliphatic heterocycles. The maximum Gasteiger partial charge on any atom is 0.309 e. The fraction of sp³-hybridized carbons (Fsp3) is 0.133. The van der Waals surface area contributed by atoms with Crippen molar-refractivity contribution >= 4 is 11.4 Å². The molecule has 0 amide bonds. The highest BCUT2D eigenvalue weighted by atomic mass is 16.6.